The van der Waals surface area contributed by atoms with Crippen molar-refractivity contribution in [3.05, 3.63) is 0 Å². The largest absolute Gasteiger partial charge is 0.326 e. The normalized spacial score (nSPS) is 36.7. The van der Waals surface area contributed by atoms with E-state index in [1.165, 1.54) is 0 Å². The van der Waals surface area contributed by atoms with Gasteiger partial charge in [0.1, 0.15) is 0 Å². The molecule has 18 heavy (non-hydrogen) atoms. The molecule has 2 N–H and O–H groups in total. The van der Waals surface area contributed by atoms with Gasteiger partial charge < -0.3 is 5.73 Å². The molecule has 2 rings (SSSR count). The van der Waals surface area contributed by atoms with Crippen LogP contribution in [0.2, 0.25) is 0 Å². The Morgan fingerprint density at radius 3 is 2.44 bits per heavy atom. The zero-order valence-corrected chi connectivity index (χ0v) is 12.2. The Hall–Kier alpha value is -0.170. The molecule has 3 unspecified atom stereocenters. The number of nitrogens with zero attached hydrogens (tertiary/aromatic N) is 2. The summed E-state index contributed by atoms with van der Waals surface area (Å²) >= 11 is 0. The SMILES string of the molecule is CC1CCN(S(=O)(=O)N2CCCCC2C)CC1N. The topological polar surface area (TPSA) is 66.6 Å². The zero-order valence-electron chi connectivity index (χ0n) is 11.4. The summed E-state index contributed by atoms with van der Waals surface area (Å²) in [7, 11) is -3.30. The molecule has 2 saturated heterocycles. The summed E-state index contributed by atoms with van der Waals surface area (Å²) in [5, 5.41) is 0. The second-order valence-electron chi connectivity index (χ2n) is 5.75. The first-order chi connectivity index (χ1) is 8.43. The maximum Gasteiger partial charge on any atom is 0.282 e. The molecule has 6 heteroatoms. The number of hydrogen-bond acceptors (Lipinski definition) is 3. The lowest BCUT2D eigenvalue weighted by atomic mass is 9.96. The van der Waals surface area contributed by atoms with Crippen molar-refractivity contribution in [2.24, 2.45) is 11.7 Å². The van der Waals surface area contributed by atoms with Crippen LogP contribution in [0.4, 0.5) is 0 Å². The van der Waals surface area contributed by atoms with E-state index >= 15 is 0 Å². The quantitative estimate of drug-likeness (QED) is 0.809. The summed E-state index contributed by atoms with van der Waals surface area (Å²) in [6.07, 6.45) is 3.93. The number of rotatable bonds is 2. The molecule has 0 radical (unpaired) electrons. The van der Waals surface area contributed by atoms with Gasteiger partial charge in [0.15, 0.2) is 0 Å². The van der Waals surface area contributed by atoms with Crippen molar-refractivity contribution in [2.75, 3.05) is 19.6 Å². The summed E-state index contributed by atoms with van der Waals surface area (Å²) in [4.78, 5) is 0. The average Bonchev–Trinajstić information content (AvgIpc) is 2.33. The van der Waals surface area contributed by atoms with E-state index in [0.29, 0.717) is 25.6 Å². The van der Waals surface area contributed by atoms with Crippen molar-refractivity contribution in [1.82, 2.24) is 8.61 Å². The molecule has 3 atom stereocenters. The fourth-order valence-corrected chi connectivity index (χ4v) is 4.75. The van der Waals surface area contributed by atoms with Crippen LogP contribution in [0.15, 0.2) is 0 Å². The molecular weight excluding hydrogens is 250 g/mol. The van der Waals surface area contributed by atoms with Gasteiger partial charge in [-0.25, -0.2) is 0 Å². The van der Waals surface area contributed by atoms with Gasteiger partial charge in [0.2, 0.25) is 0 Å². The van der Waals surface area contributed by atoms with Gasteiger partial charge in [-0.1, -0.05) is 13.3 Å². The van der Waals surface area contributed by atoms with Crippen LogP contribution in [0.1, 0.15) is 39.5 Å². The molecule has 2 fully saturated rings. The van der Waals surface area contributed by atoms with Crippen molar-refractivity contribution in [3.63, 3.8) is 0 Å². The number of piperidine rings is 2. The second kappa shape index (κ2) is 5.45. The lowest BCUT2D eigenvalue weighted by Crippen LogP contribution is -2.56. The van der Waals surface area contributed by atoms with Crippen molar-refractivity contribution in [1.29, 1.82) is 0 Å². The molecule has 0 aliphatic carbocycles. The summed E-state index contributed by atoms with van der Waals surface area (Å²) in [5.74, 6) is 0.412. The molecule has 0 aromatic carbocycles. The van der Waals surface area contributed by atoms with E-state index in [9.17, 15) is 8.42 Å². The fourth-order valence-electron chi connectivity index (χ4n) is 2.84. The molecular formula is C12H25N3O2S. The van der Waals surface area contributed by atoms with Gasteiger partial charge in [0.05, 0.1) is 0 Å². The Labute approximate surface area is 110 Å². The van der Waals surface area contributed by atoms with Crippen LogP contribution in [-0.2, 0) is 10.2 Å². The van der Waals surface area contributed by atoms with Gasteiger partial charge >= 0.3 is 0 Å². The average molecular weight is 275 g/mol. The second-order valence-corrected chi connectivity index (χ2v) is 7.63. The summed E-state index contributed by atoms with van der Waals surface area (Å²) in [5.41, 5.74) is 6.00. The monoisotopic (exact) mass is 275 g/mol. The first kappa shape index (κ1) is 14.2. The highest BCUT2D eigenvalue weighted by molar-refractivity contribution is 7.86. The Morgan fingerprint density at radius 2 is 1.83 bits per heavy atom. The van der Waals surface area contributed by atoms with Gasteiger partial charge in [0, 0.05) is 31.7 Å². The number of hydrogen-bond donors (Lipinski definition) is 1. The highest BCUT2D eigenvalue weighted by atomic mass is 32.2. The van der Waals surface area contributed by atoms with Crippen molar-refractivity contribution in [2.45, 2.75) is 51.6 Å². The third-order valence-electron chi connectivity index (χ3n) is 4.34. The van der Waals surface area contributed by atoms with E-state index in [2.05, 4.69) is 6.92 Å². The van der Waals surface area contributed by atoms with E-state index < -0.39 is 10.2 Å². The molecule has 2 heterocycles. The fraction of sp³-hybridized carbons (Fsp3) is 1.00. The molecule has 0 bridgehead atoms. The lowest BCUT2D eigenvalue weighted by molar-refractivity contribution is 0.209. The standard InChI is InChI=1S/C12H25N3O2S/c1-10-6-8-14(9-12(10)13)18(16,17)15-7-4-3-5-11(15)2/h10-12H,3-9,13H2,1-2H3. The van der Waals surface area contributed by atoms with E-state index in [4.69, 9.17) is 5.73 Å². The van der Waals surface area contributed by atoms with Crippen molar-refractivity contribution >= 4 is 10.2 Å². The van der Waals surface area contributed by atoms with Crippen LogP contribution in [-0.4, -0.2) is 48.7 Å². The molecule has 0 spiro atoms. The number of nitrogens with two attached hydrogens (primary N) is 1. The van der Waals surface area contributed by atoms with Gasteiger partial charge in [-0.2, -0.15) is 17.0 Å². The van der Waals surface area contributed by atoms with Crippen LogP contribution >= 0.6 is 0 Å². The molecule has 0 aromatic heterocycles. The van der Waals surface area contributed by atoms with Crippen LogP contribution in [0.25, 0.3) is 0 Å². The molecule has 2 aliphatic rings. The molecule has 0 aromatic rings. The third kappa shape index (κ3) is 2.71. The minimum atomic E-state index is -3.30. The van der Waals surface area contributed by atoms with E-state index in [0.717, 1.165) is 25.7 Å². The Bertz CT molecular complexity index is 385. The minimum absolute atomic E-state index is 0.0337. The van der Waals surface area contributed by atoms with Gasteiger partial charge in [0.25, 0.3) is 10.2 Å². The predicted molar refractivity (Wildman–Crippen MR) is 72.3 cm³/mol. The molecule has 5 nitrogen and oxygen atoms in total. The Morgan fingerprint density at radius 1 is 1.11 bits per heavy atom. The molecule has 106 valence electrons. The van der Waals surface area contributed by atoms with Crippen LogP contribution in [0.5, 0.6) is 0 Å². The summed E-state index contributed by atoms with van der Waals surface area (Å²) in [6, 6.07) is 0.0907. The van der Waals surface area contributed by atoms with Gasteiger partial charge in [-0.15, -0.1) is 0 Å². The summed E-state index contributed by atoms with van der Waals surface area (Å²) in [6.45, 7) is 5.83. The smallest absolute Gasteiger partial charge is 0.282 e. The molecule has 0 saturated carbocycles. The Kier molecular flexibility index (Phi) is 4.31. The van der Waals surface area contributed by atoms with Gasteiger partial charge in [-0.05, 0) is 32.1 Å². The summed E-state index contributed by atoms with van der Waals surface area (Å²) < 4.78 is 28.4. The minimum Gasteiger partial charge on any atom is -0.326 e. The van der Waals surface area contributed by atoms with E-state index in [1.807, 2.05) is 6.92 Å². The zero-order chi connectivity index (χ0) is 13.3. The predicted octanol–water partition coefficient (Wildman–Crippen LogP) is 0.775. The maximum absolute atomic E-state index is 12.6. The lowest BCUT2D eigenvalue weighted by Gasteiger charge is -2.40. The molecule has 0 amide bonds. The molecule has 2 aliphatic heterocycles. The third-order valence-corrected chi connectivity index (χ3v) is 6.46. The van der Waals surface area contributed by atoms with Crippen molar-refractivity contribution < 1.29 is 8.42 Å². The van der Waals surface area contributed by atoms with Crippen LogP contribution in [0, 0.1) is 5.92 Å². The van der Waals surface area contributed by atoms with Gasteiger partial charge in [-0.3, -0.25) is 0 Å². The highest BCUT2D eigenvalue weighted by Gasteiger charge is 2.37. The Balaban J connectivity index is 2.10. The first-order valence-corrected chi connectivity index (χ1v) is 8.35. The van der Waals surface area contributed by atoms with Crippen molar-refractivity contribution in [3.8, 4) is 0 Å². The van der Waals surface area contributed by atoms with E-state index in [-0.39, 0.29) is 12.1 Å². The maximum atomic E-state index is 12.6. The first-order valence-electron chi connectivity index (χ1n) is 6.95. The van der Waals surface area contributed by atoms with Crippen LogP contribution < -0.4 is 5.73 Å². The van der Waals surface area contributed by atoms with Crippen LogP contribution in [0.3, 0.4) is 0 Å². The van der Waals surface area contributed by atoms with E-state index in [1.54, 1.807) is 8.61 Å². The highest BCUT2D eigenvalue weighted by Crippen LogP contribution is 2.25.